The van der Waals surface area contributed by atoms with Gasteiger partial charge in [-0.3, -0.25) is 9.89 Å². The third kappa shape index (κ3) is 3.45. The molecule has 0 saturated carbocycles. The third-order valence-corrected chi connectivity index (χ3v) is 5.88. The lowest BCUT2D eigenvalue weighted by Gasteiger charge is -2.23. The number of rotatable bonds is 4. The van der Waals surface area contributed by atoms with E-state index < -0.39 is 5.91 Å². The number of carbonyl (C=O) groups is 1. The number of nitrogens with zero attached hydrogens (tertiary/aromatic N) is 3. The van der Waals surface area contributed by atoms with Gasteiger partial charge in [-0.15, -0.1) is 0 Å². The number of aliphatic imine (C=N–C) groups is 1. The Morgan fingerprint density at radius 3 is 2.91 bits per heavy atom. The molecule has 1 amide bonds. The SMILES string of the molecule is Cc1n[nH]c2c1CN(c1cc3c(cc1NC(=O)/C(C=N)=C1\N=CC=CN1)CC(C)(C)O3)C2. The average molecular weight is 432 g/mol. The molecule has 3 aliphatic heterocycles. The standard InChI is InChI=1S/C23H25N7O2/c1-13-16-11-30(12-18(16)29-28-13)19-8-20-14(9-23(2,3)32-20)7-17(19)27-22(31)15(10-24)21-25-5-4-6-26-21/h4-8,10,24-25H,9,11-12H2,1-3H3,(H,27,31)(H,28,29)/b21-15-,24-10?. The third-order valence-electron chi connectivity index (χ3n) is 5.88. The van der Waals surface area contributed by atoms with Crippen LogP contribution in [0.4, 0.5) is 11.4 Å². The topological polar surface area (TPSA) is 118 Å². The smallest absolute Gasteiger partial charge is 0.261 e. The van der Waals surface area contributed by atoms with Crippen LogP contribution in [0.25, 0.3) is 0 Å². The molecule has 0 unspecified atom stereocenters. The average Bonchev–Trinajstić information content (AvgIpc) is 3.41. The van der Waals surface area contributed by atoms with E-state index in [1.807, 2.05) is 19.1 Å². The van der Waals surface area contributed by atoms with E-state index in [9.17, 15) is 4.79 Å². The fraction of sp³-hybridized carbons (Fsp3) is 0.304. The molecule has 4 heterocycles. The molecule has 5 rings (SSSR count). The molecule has 0 atom stereocenters. The summed E-state index contributed by atoms with van der Waals surface area (Å²) >= 11 is 0. The van der Waals surface area contributed by atoms with E-state index in [1.165, 1.54) is 5.56 Å². The van der Waals surface area contributed by atoms with Gasteiger partial charge in [-0.1, -0.05) is 0 Å². The highest BCUT2D eigenvalue weighted by molar-refractivity contribution is 6.18. The van der Waals surface area contributed by atoms with Crippen LogP contribution >= 0.6 is 0 Å². The van der Waals surface area contributed by atoms with Crippen molar-refractivity contribution in [2.75, 3.05) is 10.2 Å². The van der Waals surface area contributed by atoms with Crippen LogP contribution in [0.5, 0.6) is 5.75 Å². The summed E-state index contributed by atoms with van der Waals surface area (Å²) in [4.78, 5) is 19.5. The van der Waals surface area contributed by atoms with E-state index in [0.717, 1.165) is 41.0 Å². The summed E-state index contributed by atoms with van der Waals surface area (Å²) in [6, 6.07) is 3.99. The number of aromatic nitrogens is 2. The number of hydrogen-bond acceptors (Lipinski definition) is 7. The number of nitrogens with one attached hydrogen (secondary N) is 4. The summed E-state index contributed by atoms with van der Waals surface area (Å²) < 4.78 is 6.16. The molecule has 0 spiro atoms. The molecule has 1 aromatic heterocycles. The van der Waals surface area contributed by atoms with E-state index >= 15 is 0 Å². The lowest BCUT2D eigenvalue weighted by atomic mass is 10.0. The number of ether oxygens (including phenoxy) is 1. The Balaban J connectivity index is 1.51. The lowest BCUT2D eigenvalue weighted by molar-refractivity contribution is -0.112. The minimum Gasteiger partial charge on any atom is -0.487 e. The molecule has 32 heavy (non-hydrogen) atoms. The highest BCUT2D eigenvalue weighted by atomic mass is 16.5. The molecule has 1 aromatic carbocycles. The number of aryl methyl sites for hydroxylation is 1. The number of H-pyrrole nitrogens is 1. The molecular weight excluding hydrogens is 406 g/mol. The quantitative estimate of drug-likeness (QED) is 0.438. The Morgan fingerprint density at radius 2 is 2.19 bits per heavy atom. The number of benzene rings is 1. The molecule has 164 valence electrons. The van der Waals surface area contributed by atoms with Gasteiger partial charge in [0.2, 0.25) is 0 Å². The van der Waals surface area contributed by atoms with Gasteiger partial charge in [0.25, 0.3) is 5.91 Å². The summed E-state index contributed by atoms with van der Waals surface area (Å²) in [5, 5.41) is 21.1. The molecule has 9 heteroatoms. The van der Waals surface area contributed by atoms with E-state index in [1.54, 1.807) is 18.5 Å². The van der Waals surface area contributed by atoms with Crippen LogP contribution in [-0.4, -0.2) is 34.1 Å². The molecule has 2 aromatic rings. The van der Waals surface area contributed by atoms with Crippen molar-refractivity contribution in [2.24, 2.45) is 4.99 Å². The van der Waals surface area contributed by atoms with Gasteiger partial charge in [-0.2, -0.15) is 5.10 Å². The second-order valence-electron chi connectivity index (χ2n) is 8.78. The minimum atomic E-state index is -0.398. The molecular formula is C23H25N7O2. The second kappa shape index (κ2) is 7.37. The zero-order valence-corrected chi connectivity index (χ0v) is 18.2. The first kappa shape index (κ1) is 20.0. The first-order chi connectivity index (χ1) is 15.3. The van der Waals surface area contributed by atoms with Gasteiger partial charge in [0.05, 0.1) is 34.9 Å². The van der Waals surface area contributed by atoms with Gasteiger partial charge in [-0.25, -0.2) is 4.99 Å². The monoisotopic (exact) mass is 431 g/mol. The maximum absolute atomic E-state index is 13.1. The summed E-state index contributed by atoms with van der Waals surface area (Å²) in [6.45, 7) is 7.45. The van der Waals surface area contributed by atoms with Crippen molar-refractivity contribution in [3.63, 3.8) is 0 Å². The Morgan fingerprint density at radius 1 is 1.34 bits per heavy atom. The fourth-order valence-electron chi connectivity index (χ4n) is 4.36. The Bertz CT molecular complexity index is 1220. The van der Waals surface area contributed by atoms with Crippen molar-refractivity contribution >= 4 is 29.7 Å². The van der Waals surface area contributed by atoms with Crippen molar-refractivity contribution in [3.8, 4) is 5.75 Å². The van der Waals surface area contributed by atoms with E-state index in [2.05, 4.69) is 44.6 Å². The van der Waals surface area contributed by atoms with Gasteiger partial charge >= 0.3 is 0 Å². The first-order valence-electron chi connectivity index (χ1n) is 10.5. The maximum Gasteiger partial charge on any atom is 0.261 e. The van der Waals surface area contributed by atoms with Crippen molar-refractivity contribution in [2.45, 2.75) is 45.9 Å². The summed E-state index contributed by atoms with van der Waals surface area (Å²) in [5.41, 5.74) is 5.69. The van der Waals surface area contributed by atoms with E-state index in [0.29, 0.717) is 24.6 Å². The van der Waals surface area contributed by atoms with Gasteiger partial charge in [0, 0.05) is 48.8 Å². The van der Waals surface area contributed by atoms with E-state index in [-0.39, 0.29) is 11.2 Å². The van der Waals surface area contributed by atoms with Gasteiger partial charge in [0.15, 0.2) is 0 Å². The number of hydrogen-bond donors (Lipinski definition) is 4. The molecule has 0 bridgehead atoms. The number of fused-ring (bicyclic) bond motifs is 2. The maximum atomic E-state index is 13.1. The molecule has 0 aliphatic carbocycles. The van der Waals surface area contributed by atoms with Crippen molar-refractivity contribution in [1.82, 2.24) is 15.5 Å². The number of allylic oxidation sites excluding steroid dienone is 1. The first-order valence-corrected chi connectivity index (χ1v) is 10.5. The predicted molar refractivity (Wildman–Crippen MR) is 123 cm³/mol. The van der Waals surface area contributed by atoms with Crippen LogP contribution in [0.15, 0.2) is 40.8 Å². The number of carbonyl (C=O) groups excluding carboxylic acids is 1. The van der Waals surface area contributed by atoms with Crippen LogP contribution in [0.3, 0.4) is 0 Å². The van der Waals surface area contributed by atoms with Gasteiger partial charge in [-0.05, 0) is 32.9 Å². The molecule has 3 aliphatic rings. The Kier molecular flexibility index (Phi) is 4.61. The van der Waals surface area contributed by atoms with Crippen molar-refractivity contribution < 1.29 is 9.53 Å². The van der Waals surface area contributed by atoms with Crippen molar-refractivity contribution in [1.29, 1.82) is 5.41 Å². The van der Waals surface area contributed by atoms with Crippen LogP contribution in [0, 0.1) is 12.3 Å². The number of anilines is 2. The normalized spacial score (nSPS) is 19.2. The molecule has 0 radical (unpaired) electrons. The molecule has 0 saturated heterocycles. The van der Waals surface area contributed by atoms with Gasteiger partial charge < -0.3 is 25.7 Å². The number of aromatic amines is 1. The second-order valence-corrected chi connectivity index (χ2v) is 8.78. The molecule has 4 N–H and O–H groups in total. The van der Waals surface area contributed by atoms with Crippen molar-refractivity contribution in [3.05, 3.63) is 58.3 Å². The zero-order chi connectivity index (χ0) is 22.5. The Labute approximate surface area is 185 Å². The highest BCUT2D eigenvalue weighted by Crippen LogP contribution is 2.43. The summed E-state index contributed by atoms with van der Waals surface area (Å²) in [6.07, 6.45) is 6.75. The van der Waals surface area contributed by atoms with Crippen LogP contribution in [0.1, 0.15) is 36.4 Å². The minimum absolute atomic E-state index is 0.153. The Hall–Kier alpha value is -3.88. The lowest BCUT2D eigenvalue weighted by Crippen LogP contribution is -2.24. The zero-order valence-electron chi connectivity index (χ0n) is 18.2. The van der Waals surface area contributed by atoms with E-state index in [4.69, 9.17) is 10.1 Å². The van der Waals surface area contributed by atoms with Crippen LogP contribution < -0.4 is 20.3 Å². The summed E-state index contributed by atoms with van der Waals surface area (Å²) in [5.74, 6) is 0.776. The van der Waals surface area contributed by atoms with Crippen LogP contribution in [-0.2, 0) is 24.3 Å². The molecule has 9 nitrogen and oxygen atoms in total. The fourth-order valence-corrected chi connectivity index (χ4v) is 4.36. The van der Waals surface area contributed by atoms with Gasteiger partial charge in [0.1, 0.15) is 17.2 Å². The number of amides is 1. The van der Waals surface area contributed by atoms with Crippen LogP contribution in [0.2, 0.25) is 0 Å². The summed E-state index contributed by atoms with van der Waals surface area (Å²) in [7, 11) is 0. The highest BCUT2D eigenvalue weighted by Gasteiger charge is 2.33. The predicted octanol–water partition coefficient (Wildman–Crippen LogP) is 2.94. The largest absolute Gasteiger partial charge is 0.487 e. The molecule has 0 fully saturated rings.